The maximum Gasteiger partial charge on any atom is 0.407 e. The monoisotopic (exact) mass is 383 g/mol. The fourth-order valence-corrected chi connectivity index (χ4v) is 2.35. The molecule has 0 spiro atoms. The molecule has 1 N–H and O–H groups in total. The van der Waals surface area contributed by atoms with Crippen molar-refractivity contribution in [1.82, 2.24) is 14.9 Å². The summed E-state index contributed by atoms with van der Waals surface area (Å²) in [5.74, 6) is -0.318. The van der Waals surface area contributed by atoms with Crippen molar-refractivity contribution in [2.45, 2.75) is 32.8 Å². The van der Waals surface area contributed by atoms with Gasteiger partial charge in [-0.25, -0.2) is 14.2 Å². The van der Waals surface area contributed by atoms with Crippen LogP contribution in [0.5, 0.6) is 0 Å². The summed E-state index contributed by atoms with van der Waals surface area (Å²) < 4.78 is 20.8. The Bertz CT molecular complexity index is 695. The number of imidazole rings is 1. The van der Waals surface area contributed by atoms with Gasteiger partial charge in [0, 0.05) is 30.5 Å². The molecule has 7 heteroatoms. The lowest BCUT2D eigenvalue weighted by molar-refractivity contribution is 0.0528. The van der Waals surface area contributed by atoms with Crippen LogP contribution in [0, 0.1) is 5.82 Å². The number of carbonyl (C=O) groups is 1. The Kier molecular flexibility index (Phi) is 5.41. The van der Waals surface area contributed by atoms with Crippen LogP contribution < -0.4 is 5.32 Å². The molecule has 2 aromatic rings. The van der Waals surface area contributed by atoms with Crippen molar-refractivity contribution < 1.29 is 13.9 Å². The van der Waals surface area contributed by atoms with Gasteiger partial charge in [-0.1, -0.05) is 0 Å². The quantitative estimate of drug-likeness (QED) is 0.872. The van der Waals surface area contributed by atoms with Gasteiger partial charge in [0.2, 0.25) is 0 Å². The van der Waals surface area contributed by atoms with E-state index in [4.69, 9.17) is 4.74 Å². The zero-order valence-electron chi connectivity index (χ0n) is 13.3. The minimum Gasteiger partial charge on any atom is -0.444 e. The largest absolute Gasteiger partial charge is 0.444 e. The maximum atomic E-state index is 13.3. The highest BCUT2D eigenvalue weighted by Crippen LogP contribution is 2.20. The smallest absolute Gasteiger partial charge is 0.407 e. The van der Waals surface area contributed by atoms with Gasteiger partial charge in [0.25, 0.3) is 0 Å². The van der Waals surface area contributed by atoms with Gasteiger partial charge >= 0.3 is 6.09 Å². The van der Waals surface area contributed by atoms with E-state index in [0.717, 1.165) is 11.4 Å². The number of ether oxygens (including phenoxy) is 1. The summed E-state index contributed by atoms with van der Waals surface area (Å²) in [5.41, 5.74) is 1.18. The molecule has 0 aliphatic carbocycles. The fraction of sp³-hybridized carbons (Fsp3) is 0.375. The van der Waals surface area contributed by atoms with Crippen LogP contribution in [0.4, 0.5) is 9.18 Å². The molecule has 0 saturated carbocycles. The van der Waals surface area contributed by atoms with Crippen molar-refractivity contribution in [3.63, 3.8) is 0 Å². The van der Waals surface area contributed by atoms with Crippen molar-refractivity contribution in [2.75, 3.05) is 6.54 Å². The summed E-state index contributed by atoms with van der Waals surface area (Å²) in [4.78, 5) is 15.7. The zero-order valence-corrected chi connectivity index (χ0v) is 14.9. The number of halogens is 2. The van der Waals surface area contributed by atoms with Crippen molar-refractivity contribution >= 4 is 22.0 Å². The molecular formula is C16H19BrFN3O2. The number of alkyl carbamates (subject to hydrolysis) is 1. The van der Waals surface area contributed by atoms with Crippen LogP contribution in [0.1, 0.15) is 26.5 Å². The molecule has 1 amide bonds. The van der Waals surface area contributed by atoms with Crippen molar-refractivity contribution in [3.05, 3.63) is 46.7 Å². The van der Waals surface area contributed by atoms with Crippen molar-refractivity contribution in [3.8, 4) is 5.69 Å². The number of nitrogens with zero attached hydrogens (tertiary/aromatic N) is 2. The Labute approximate surface area is 143 Å². The van der Waals surface area contributed by atoms with Crippen LogP contribution in [0.2, 0.25) is 0 Å². The summed E-state index contributed by atoms with van der Waals surface area (Å²) in [5, 5.41) is 2.71. The van der Waals surface area contributed by atoms with Crippen LogP contribution in [0.25, 0.3) is 5.69 Å². The normalized spacial score (nSPS) is 11.3. The third kappa shape index (κ3) is 5.06. The molecule has 0 radical (unpaired) electrons. The molecule has 1 aromatic heterocycles. The third-order valence-corrected chi connectivity index (χ3v) is 3.55. The fourth-order valence-electron chi connectivity index (χ4n) is 1.98. The van der Waals surface area contributed by atoms with E-state index in [1.165, 1.54) is 6.07 Å². The van der Waals surface area contributed by atoms with Gasteiger partial charge in [-0.05, 0) is 54.9 Å². The topological polar surface area (TPSA) is 56.1 Å². The summed E-state index contributed by atoms with van der Waals surface area (Å²) in [6.07, 6.45) is 3.50. The van der Waals surface area contributed by atoms with Gasteiger partial charge in [0.1, 0.15) is 11.4 Å². The molecule has 0 atom stereocenters. The molecule has 124 valence electrons. The second-order valence-electron chi connectivity index (χ2n) is 6.03. The lowest BCUT2D eigenvalue weighted by atomic mass is 10.2. The van der Waals surface area contributed by atoms with E-state index >= 15 is 0 Å². The highest BCUT2D eigenvalue weighted by atomic mass is 79.9. The van der Waals surface area contributed by atoms with Gasteiger partial charge in [-0.2, -0.15) is 0 Å². The molecule has 0 bridgehead atoms. The average molecular weight is 384 g/mol. The minimum atomic E-state index is -0.522. The average Bonchev–Trinajstić information content (AvgIpc) is 2.88. The van der Waals surface area contributed by atoms with Crippen molar-refractivity contribution in [1.29, 1.82) is 0 Å². The summed E-state index contributed by atoms with van der Waals surface area (Å²) in [6.45, 7) is 5.86. The van der Waals surface area contributed by atoms with E-state index in [1.807, 2.05) is 25.3 Å². The van der Waals surface area contributed by atoms with Crippen LogP contribution in [0.3, 0.4) is 0 Å². The highest BCUT2D eigenvalue weighted by molar-refractivity contribution is 9.10. The Balaban J connectivity index is 1.99. The zero-order chi connectivity index (χ0) is 17.0. The van der Waals surface area contributed by atoms with Gasteiger partial charge < -0.3 is 14.6 Å². The van der Waals surface area contributed by atoms with E-state index in [0.29, 0.717) is 17.4 Å². The number of amides is 1. The molecule has 0 fully saturated rings. The first-order valence-corrected chi connectivity index (χ1v) is 7.99. The second-order valence-corrected chi connectivity index (χ2v) is 6.89. The first-order valence-electron chi connectivity index (χ1n) is 7.20. The van der Waals surface area contributed by atoms with E-state index in [2.05, 4.69) is 26.2 Å². The molecular weight excluding hydrogens is 365 g/mol. The van der Waals surface area contributed by atoms with Crippen molar-refractivity contribution in [2.24, 2.45) is 0 Å². The predicted molar refractivity (Wildman–Crippen MR) is 89.2 cm³/mol. The van der Waals surface area contributed by atoms with E-state index in [9.17, 15) is 9.18 Å². The van der Waals surface area contributed by atoms with Crippen LogP contribution >= 0.6 is 15.9 Å². The number of hydrogen-bond donors (Lipinski definition) is 1. The summed E-state index contributed by atoms with van der Waals surface area (Å²) >= 11 is 3.17. The standard InChI is InChI=1S/C16H19BrFN3O2/c1-16(2,3)23-15(22)20-7-6-12-9-19-10-21(12)11-4-5-14(18)13(17)8-11/h4-5,8-10H,6-7H2,1-3H3,(H,20,22). The Morgan fingerprint density at radius 2 is 2.17 bits per heavy atom. The molecule has 5 nitrogen and oxygen atoms in total. The number of benzene rings is 1. The number of aromatic nitrogens is 2. The van der Waals surface area contributed by atoms with E-state index in [-0.39, 0.29) is 5.82 Å². The molecule has 1 aromatic carbocycles. The van der Waals surface area contributed by atoms with Gasteiger partial charge in [-0.3, -0.25) is 0 Å². The lowest BCUT2D eigenvalue weighted by Gasteiger charge is -2.19. The number of hydrogen-bond acceptors (Lipinski definition) is 3. The maximum absolute atomic E-state index is 13.3. The Morgan fingerprint density at radius 3 is 2.83 bits per heavy atom. The molecule has 0 aliphatic rings. The van der Waals surface area contributed by atoms with E-state index < -0.39 is 11.7 Å². The number of nitrogens with one attached hydrogen (secondary N) is 1. The van der Waals surface area contributed by atoms with Gasteiger partial charge in [0.05, 0.1) is 10.8 Å². The SMILES string of the molecule is CC(C)(C)OC(=O)NCCc1cncn1-c1ccc(F)c(Br)c1. The molecule has 2 rings (SSSR count). The number of rotatable bonds is 4. The van der Waals surface area contributed by atoms with E-state index in [1.54, 1.807) is 24.7 Å². The first kappa shape index (κ1) is 17.5. The van der Waals surface area contributed by atoms with Crippen LogP contribution in [0.15, 0.2) is 35.2 Å². The first-order chi connectivity index (χ1) is 10.8. The predicted octanol–water partition coefficient (Wildman–Crippen LogP) is 3.84. The van der Waals surface area contributed by atoms with Crippen LogP contribution in [-0.2, 0) is 11.2 Å². The van der Waals surface area contributed by atoms with Gasteiger partial charge in [0.15, 0.2) is 0 Å². The number of carbonyl (C=O) groups excluding carboxylic acids is 1. The highest BCUT2D eigenvalue weighted by Gasteiger charge is 2.15. The Hall–Kier alpha value is -1.89. The molecule has 0 aliphatic heterocycles. The molecule has 0 unspecified atom stereocenters. The minimum absolute atomic E-state index is 0.318. The van der Waals surface area contributed by atoms with Crippen LogP contribution in [-0.4, -0.2) is 27.8 Å². The summed E-state index contributed by atoms with van der Waals surface area (Å²) in [6, 6.07) is 4.75. The summed E-state index contributed by atoms with van der Waals surface area (Å²) in [7, 11) is 0. The molecule has 23 heavy (non-hydrogen) atoms. The molecule has 1 heterocycles. The molecule has 0 saturated heterocycles. The lowest BCUT2D eigenvalue weighted by Crippen LogP contribution is -2.33. The Morgan fingerprint density at radius 1 is 1.43 bits per heavy atom. The van der Waals surface area contributed by atoms with Gasteiger partial charge in [-0.15, -0.1) is 0 Å². The second kappa shape index (κ2) is 7.12. The third-order valence-electron chi connectivity index (χ3n) is 2.95.